The number of carbonyl (C=O) groups excluding carboxylic acids is 2. The van der Waals surface area contributed by atoms with E-state index in [1.807, 2.05) is 36.4 Å². The number of amides is 2. The van der Waals surface area contributed by atoms with E-state index in [9.17, 15) is 9.59 Å². The zero-order valence-corrected chi connectivity index (χ0v) is 14.7. The number of ether oxygens (including phenoxy) is 1. The number of nitrogens with one attached hydrogen (secondary N) is 1. The highest BCUT2D eigenvalue weighted by atomic mass is 16.5. The third-order valence-electron chi connectivity index (χ3n) is 4.00. The number of nitrogens with two attached hydrogens (primary N) is 1. The number of benzene rings is 3. The van der Waals surface area contributed by atoms with Crippen LogP contribution in [0.15, 0.2) is 78.9 Å². The van der Waals surface area contributed by atoms with Crippen molar-refractivity contribution in [2.24, 2.45) is 5.73 Å². The SMILES string of the molecule is NC(=O)c1cccc(NC(=O)c2cccc(OCCc3ccccc3)c2)c1. The largest absolute Gasteiger partial charge is 0.493 e. The minimum atomic E-state index is -0.542. The van der Waals surface area contributed by atoms with Crippen molar-refractivity contribution in [3.63, 3.8) is 0 Å². The molecule has 0 heterocycles. The lowest BCUT2D eigenvalue weighted by molar-refractivity contribution is 0.0996. The second kappa shape index (κ2) is 8.67. The van der Waals surface area contributed by atoms with E-state index in [0.717, 1.165) is 6.42 Å². The van der Waals surface area contributed by atoms with Gasteiger partial charge in [0.05, 0.1) is 6.61 Å². The number of carbonyl (C=O) groups is 2. The van der Waals surface area contributed by atoms with Crippen LogP contribution in [0.4, 0.5) is 5.69 Å². The van der Waals surface area contributed by atoms with Crippen molar-refractivity contribution >= 4 is 17.5 Å². The third kappa shape index (κ3) is 5.19. The lowest BCUT2D eigenvalue weighted by atomic mass is 10.1. The van der Waals surface area contributed by atoms with Crippen molar-refractivity contribution in [1.29, 1.82) is 0 Å². The maximum atomic E-state index is 12.5. The van der Waals surface area contributed by atoms with E-state index < -0.39 is 5.91 Å². The van der Waals surface area contributed by atoms with Crippen LogP contribution in [0.3, 0.4) is 0 Å². The maximum absolute atomic E-state index is 12.5. The lowest BCUT2D eigenvalue weighted by Gasteiger charge is -2.09. The molecule has 3 N–H and O–H groups in total. The summed E-state index contributed by atoms with van der Waals surface area (Å²) in [6.45, 7) is 0.524. The Labute approximate surface area is 157 Å². The van der Waals surface area contributed by atoms with E-state index in [4.69, 9.17) is 10.5 Å². The molecule has 136 valence electrons. The molecule has 3 aromatic carbocycles. The van der Waals surface area contributed by atoms with Crippen LogP contribution in [-0.2, 0) is 6.42 Å². The van der Waals surface area contributed by atoms with Crippen molar-refractivity contribution in [2.75, 3.05) is 11.9 Å². The van der Waals surface area contributed by atoms with Gasteiger partial charge in [-0.25, -0.2) is 0 Å². The number of rotatable bonds is 7. The normalized spacial score (nSPS) is 10.2. The van der Waals surface area contributed by atoms with Gasteiger partial charge in [0.15, 0.2) is 0 Å². The zero-order chi connectivity index (χ0) is 19.1. The van der Waals surface area contributed by atoms with Gasteiger partial charge in [-0.05, 0) is 42.0 Å². The fourth-order valence-electron chi connectivity index (χ4n) is 2.61. The molecule has 0 aliphatic rings. The molecular weight excluding hydrogens is 340 g/mol. The second-order valence-corrected chi connectivity index (χ2v) is 6.01. The van der Waals surface area contributed by atoms with E-state index >= 15 is 0 Å². The average molecular weight is 360 g/mol. The van der Waals surface area contributed by atoms with E-state index in [0.29, 0.717) is 29.2 Å². The first kappa shape index (κ1) is 18.2. The van der Waals surface area contributed by atoms with Crippen molar-refractivity contribution < 1.29 is 14.3 Å². The summed E-state index contributed by atoms with van der Waals surface area (Å²) in [6, 6.07) is 23.5. The Hall–Kier alpha value is -3.60. The molecule has 0 aliphatic heterocycles. The summed E-state index contributed by atoms with van der Waals surface area (Å²) in [4.78, 5) is 23.7. The van der Waals surface area contributed by atoms with Gasteiger partial charge in [0.2, 0.25) is 5.91 Å². The van der Waals surface area contributed by atoms with Crippen molar-refractivity contribution in [3.8, 4) is 5.75 Å². The van der Waals surface area contributed by atoms with Gasteiger partial charge in [-0.3, -0.25) is 9.59 Å². The Kier molecular flexibility index (Phi) is 5.84. The average Bonchev–Trinajstić information content (AvgIpc) is 2.69. The standard InChI is InChI=1S/C22H20N2O3/c23-21(25)17-8-4-10-19(14-17)24-22(26)18-9-5-11-20(15-18)27-13-12-16-6-2-1-3-7-16/h1-11,14-15H,12-13H2,(H2,23,25)(H,24,26). The number of hydrogen-bond donors (Lipinski definition) is 2. The van der Waals surface area contributed by atoms with E-state index in [2.05, 4.69) is 5.32 Å². The van der Waals surface area contributed by atoms with Crippen LogP contribution < -0.4 is 15.8 Å². The molecule has 3 rings (SSSR count). The van der Waals surface area contributed by atoms with Crippen molar-refractivity contribution in [2.45, 2.75) is 6.42 Å². The van der Waals surface area contributed by atoms with Crippen LogP contribution in [0.5, 0.6) is 5.75 Å². The fraction of sp³-hybridized carbons (Fsp3) is 0.0909. The molecule has 0 atom stereocenters. The van der Waals surface area contributed by atoms with E-state index in [-0.39, 0.29) is 5.91 Å². The van der Waals surface area contributed by atoms with Crippen molar-refractivity contribution in [3.05, 3.63) is 95.6 Å². The van der Waals surface area contributed by atoms with Crippen LogP contribution >= 0.6 is 0 Å². The maximum Gasteiger partial charge on any atom is 0.255 e. The van der Waals surface area contributed by atoms with Crippen LogP contribution in [0.2, 0.25) is 0 Å². The van der Waals surface area contributed by atoms with Gasteiger partial charge in [0, 0.05) is 23.2 Å². The highest BCUT2D eigenvalue weighted by Crippen LogP contribution is 2.17. The Morgan fingerprint density at radius 3 is 2.37 bits per heavy atom. The summed E-state index contributed by atoms with van der Waals surface area (Å²) in [5, 5.41) is 2.76. The second-order valence-electron chi connectivity index (χ2n) is 6.01. The van der Waals surface area contributed by atoms with Gasteiger partial charge in [0.1, 0.15) is 5.75 Å². The van der Waals surface area contributed by atoms with Gasteiger partial charge < -0.3 is 15.8 Å². The summed E-state index contributed by atoms with van der Waals surface area (Å²) in [6.07, 6.45) is 0.789. The molecule has 0 fully saturated rings. The molecule has 0 spiro atoms. The summed E-state index contributed by atoms with van der Waals surface area (Å²) >= 11 is 0. The molecule has 0 aromatic heterocycles. The fourth-order valence-corrected chi connectivity index (χ4v) is 2.61. The molecule has 0 bridgehead atoms. The molecule has 5 nitrogen and oxygen atoms in total. The van der Waals surface area contributed by atoms with E-state index in [1.165, 1.54) is 5.56 Å². The molecule has 0 saturated carbocycles. The summed E-state index contributed by atoms with van der Waals surface area (Å²) < 4.78 is 5.76. The Balaban J connectivity index is 1.61. The third-order valence-corrected chi connectivity index (χ3v) is 4.00. The summed E-state index contributed by atoms with van der Waals surface area (Å²) in [7, 11) is 0. The van der Waals surface area contributed by atoms with Crippen LogP contribution in [-0.4, -0.2) is 18.4 Å². The molecule has 3 aromatic rings. The number of hydrogen-bond acceptors (Lipinski definition) is 3. The highest BCUT2D eigenvalue weighted by molar-refractivity contribution is 6.05. The van der Waals surface area contributed by atoms with Gasteiger partial charge in [-0.15, -0.1) is 0 Å². The van der Waals surface area contributed by atoms with Crippen LogP contribution in [0.25, 0.3) is 0 Å². The lowest BCUT2D eigenvalue weighted by Crippen LogP contribution is -2.14. The highest BCUT2D eigenvalue weighted by Gasteiger charge is 2.09. The van der Waals surface area contributed by atoms with Crippen molar-refractivity contribution in [1.82, 2.24) is 0 Å². The number of anilines is 1. The first-order valence-electron chi connectivity index (χ1n) is 8.60. The molecule has 5 heteroatoms. The zero-order valence-electron chi connectivity index (χ0n) is 14.7. The first-order chi connectivity index (χ1) is 13.1. The predicted octanol–water partition coefficient (Wildman–Crippen LogP) is 3.66. The Morgan fingerprint density at radius 1 is 0.852 bits per heavy atom. The Morgan fingerprint density at radius 2 is 1.59 bits per heavy atom. The predicted molar refractivity (Wildman–Crippen MR) is 105 cm³/mol. The minimum Gasteiger partial charge on any atom is -0.493 e. The molecular formula is C22H20N2O3. The molecule has 0 saturated heterocycles. The molecule has 2 amide bonds. The smallest absolute Gasteiger partial charge is 0.255 e. The first-order valence-corrected chi connectivity index (χ1v) is 8.60. The molecule has 0 unspecified atom stereocenters. The molecule has 27 heavy (non-hydrogen) atoms. The molecule has 0 radical (unpaired) electrons. The van der Waals surface area contributed by atoms with Gasteiger partial charge in [-0.2, -0.15) is 0 Å². The monoisotopic (exact) mass is 360 g/mol. The van der Waals surface area contributed by atoms with Gasteiger partial charge in [-0.1, -0.05) is 42.5 Å². The number of primary amides is 1. The van der Waals surface area contributed by atoms with Crippen LogP contribution in [0, 0.1) is 0 Å². The Bertz CT molecular complexity index is 939. The van der Waals surface area contributed by atoms with Gasteiger partial charge in [0.25, 0.3) is 5.91 Å². The topological polar surface area (TPSA) is 81.4 Å². The summed E-state index contributed by atoms with van der Waals surface area (Å²) in [5.74, 6) is -0.200. The summed E-state index contributed by atoms with van der Waals surface area (Å²) in [5.41, 5.74) is 7.77. The van der Waals surface area contributed by atoms with E-state index in [1.54, 1.807) is 42.5 Å². The van der Waals surface area contributed by atoms with Crippen LogP contribution in [0.1, 0.15) is 26.3 Å². The van der Waals surface area contributed by atoms with Gasteiger partial charge >= 0.3 is 0 Å². The molecule has 0 aliphatic carbocycles. The quantitative estimate of drug-likeness (QED) is 0.675. The minimum absolute atomic E-state index is 0.287.